The van der Waals surface area contributed by atoms with Crippen LogP contribution >= 0.6 is 0 Å². The van der Waals surface area contributed by atoms with Crippen LogP contribution in [0.5, 0.6) is 0 Å². The number of rotatable bonds is 4. The summed E-state index contributed by atoms with van der Waals surface area (Å²) in [6.45, 7) is 8.66. The molecule has 0 saturated heterocycles. The van der Waals surface area contributed by atoms with E-state index in [0.29, 0.717) is 0 Å². The Morgan fingerprint density at radius 1 is 1.12 bits per heavy atom. The number of hydrogen-bond acceptors (Lipinski definition) is 0. The van der Waals surface area contributed by atoms with Gasteiger partial charge in [-0.3, -0.25) is 0 Å². The standard InChI is InChI=1S/C15H23F/c1-5-6-7-8-12-11-13(15(2,3)4)9-10-14(12)16/h9-11H,5-8H2,1-4H3. The van der Waals surface area contributed by atoms with E-state index in [1.54, 1.807) is 6.07 Å². The maximum absolute atomic E-state index is 13.6. The SMILES string of the molecule is CCCCCc1cc(C(C)(C)C)ccc1F. The van der Waals surface area contributed by atoms with Crippen molar-refractivity contribution in [2.45, 2.75) is 58.8 Å². The summed E-state index contributed by atoms with van der Waals surface area (Å²) >= 11 is 0. The number of aryl methyl sites for hydroxylation is 1. The first-order valence-electron chi connectivity index (χ1n) is 6.24. The smallest absolute Gasteiger partial charge is 0.126 e. The molecule has 1 aromatic rings. The minimum absolute atomic E-state index is 0.0518. The van der Waals surface area contributed by atoms with Crippen LogP contribution in [0.2, 0.25) is 0 Å². The minimum Gasteiger partial charge on any atom is -0.207 e. The predicted octanol–water partition coefficient (Wildman–Crippen LogP) is 4.86. The fraction of sp³-hybridized carbons (Fsp3) is 0.600. The van der Waals surface area contributed by atoms with Gasteiger partial charge in [-0.2, -0.15) is 0 Å². The molecule has 1 rings (SSSR count). The lowest BCUT2D eigenvalue weighted by molar-refractivity contribution is 0.571. The first-order valence-corrected chi connectivity index (χ1v) is 6.24. The van der Waals surface area contributed by atoms with Crippen LogP contribution < -0.4 is 0 Å². The Labute approximate surface area is 98.9 Å². The van der Waals surface area contributed by atoms with Crippen LogP contribution in [0.25, 0.3) is 0 Å². The van der Waals surface area contributed by atoms with E-state index in [9.17, 15) is 4.39 Å². The molecular weight excluding hydrogens is 199 g/mol. The monoisotopic (exact) mass is 222 g/mol. The molecule has 0 aromatic heterocycles. The molecule has 0 atom stereocenters. The second-order valence-corrected chi connectivity index (χ2v) is 5.51. The van der Waals surface area contributed by atoms with Crippen LogP contribution in [0.15, 0.2) is 18.2 Å². The highest BCUT2D eigenvalue weighted by Crippen LogP contribution is 2.24. The molecule has 1 aromatic carbocycles. The highest BCUT2D eigenvalue weighted by molar-refractivity contribution is 5.29. The first kappa shape index (κ1) is 13.2. The van der Waals surface area contributed by atoms with E-state index in [2.05, 4.69) is 27.7 Å². The summed E-state index contributed by atoms with van der Waals surface area (Å²) in [5, 5.41) is 0. The molecule has 0 spiro atoms. The summed E-state index contributed by atoms with van der Waals surface area (Å²) in [6, 6.07) is 5.55. The Kier molecular flexibility index (Phi) is 4.52. The summed E-state index contributed by atoms with van der Waals surface area (Å²) in [5.41, 5.74) is 2.20. The van der Waals surface area contributed by atoms with Gasteiger partial charge in [0.1, 0.15) is 5.82 Å². The Bertz CT molecular complexity index is 334. The number of hydrogen-bond donors (Lipinski definition) is 0. The fourth-order valence-corrected chi connectivity index (χ4v) is 1.80. The molecule has 0 saturated carbocycles. The van der Waals surface area contributed by atoms with Crippen molar-refractivity contribution in [1.82, 2.24) is 0 Å². The van der Waals surface area contributed by atoms with Crippen molar-refractivity contribution in [1.29, 1.82) is 0 Å². The quantitative estimate of drug-likeness (QED) is 0.638. The molecule has 0 aliphatic carbocycles. The van der Waals surface area contributed by atoms with E-state index < -0.39 is 0 Å². The fourth-order valence-electron chi connectivity index (χ4n) is 1.80. The van der Waals surface area contributed by atoms with Gasteiger partial charge in [-0.05, 0) is 35.4 Å². The first-order chi connectivity index (χ1) is 7.45. The Morgan fingerprint density at radius 2 is 1.81 bits per heavy atom. The van der Waals surface area contributed by atoms with Crippen molar-refractivity contribution in [3.8, 4) is 0 Å². The van der Waals surface area contributed by atoms with Crippen molar-refractivity contribution in [2.75, 3.05) is 0 Å². The van der Waals surface area contributed by atoms with Crippen LogP contribution in [-0.4, -0.2) is 0 Å². The molecule has 0 bridgehead atoms. The lowest BCUT2D eigenvalue weighted by Crippen LogP contribution is -2.11. The summed E-state index contributed by atoms with van der Waals surface area (Å²) in [4.78, 5) is 0. The molecule has 0 N–H and O–H groups in total. The van der Waals surface area contributed by atoms with Gasteiger partial charge in [-0.15, -0.1) is 0 Å². The molecule has 0 unspecified atom stereocenters. The van der Waals surface area contributed by atoms with E-state index in [4.69, 9.17) is 0 Å². The van der Waals surface area contributed by atoms with Crippen molar-refractivity contribution in [3.63, 3.8) is 0 Å². The van der Waals surface area contributed by atoms with Crippen molar-refractivity contribution in [3.05, 3.63) is 35.1 Å². The number of benzene rings is 1. The average molecular weight is 222 g/mol. The molecule has 0 fully saturated rings. The summed E-state index contributed by atoms with van der Waals surface area (Å²) in [6.07, 6.45) is 4.31. The molecule has 0 radical (unpaired) electrons. The molecule has 1 heteroatoms. The maximum Gasteiger partial charge on any atom is 0.126 e. The molecule has 16 heavy (non-hydrogen) atoms. The lowest BCUT2D eigenvalue weighted by Gasteiger charge is -2.20. The van der Waals surface area contributed by atoms with Gasteiger partial charge in [-0.1, -0.05) is 52.7 Å². The van der Waals surface area contributed by atoms with Crippen LogP contribution in [0.4, 0.5) is 4.39 Å². The van der Waals surface area contributed by atoms with Gasteiger partial charge in [0.2, 0.25) is 0 Å². The number of halogens is 1. The lowest BCUT2D eigenvalue weighted by atomic mass is 9.85. The third-order valence-corrected chi connectivity index (χ3v) is 2.96. The molecule has 0 aliphatic heterocycles. The van der Waals surface area contributed by atoms with Gasteiger partial charge in [0, 0.05) is 0 Å². The topological polar surface area (TPSA) is 0 Å². The average Bonchev–Trinajstić information content (AvgIpc) is 2.19. The molecule has 0 nitrogen and oxygen atoms in total. The van der Waals surface area contributed by atoms with Crippen LogP contribution in [0.1, 0.15) is 58.1 Å². The zero-order valence-corrected chi connectivity index (χ0v) is 10.9. The van der Waals surface area contributed by atoms with Gasteiger partial charge in [0.15, 0.2) is 0 Å². The minimum atomic E-state index is -0.0518. The van der Waals surface area contributed by atoms with Crippen molar-refractivity contribution in [2.24, 2.45) is 0 Å². The predicted molar refractivity (Wildman–Crippen MR) is 68.3 cm³/mol. The zero-order valence-electron chi connectivity index (χ0n) is 10.9. The Balaban J connectivity index is 2.83. The van der Waals surface area contributed by atoms with Crippen LogP contribution in [0, 0.1) is 5.82 Å². The summed E-state index contributed by atoms with van der Waals surface area (Å²) < 4.78 is 13.6. The third-order valence-electron chi connectivity index (χ3n) is 2.96. The zero-order chi connectivity index (χ0) is 12.2. The molecule has 0 amide bonds. The third kappa shape index (κ3) is 3.62. The second-order valence-electron chi connectivity index (χ2n) is 5.51. The summed E-state index contributed by atoms with van der Waals surface area (Å²) in [7, 11) is 0. The molecule has 90 valence electrons. The van der Waals surface area contributed by atoms with Crippen LogP contribution in [-0.2, 0) is 11.8 Å². The van der Waals surface area contributed by atoms with E-state index in [1.165, 1.54) is 18.4 Å². The summed E-state index contributed by atoms with van der Waals surface area (Å²) in [5.74, 6) is -0.0518. The Morgan fingerprint density at radius 3 is 2.38 bits per heavy atom. The van der Waals surface area contributed by atoms with Crippen molar-refractivity contribution < 1.29 is 4.39 Å². The molecule has 0 heterocycles. The highest BCUT2D eigenvalue weighted by Gasteiger charge is 2.15. The van der Waals surface area contributed by atoms with E-state index in [0.717, 1.165) is 18.4 Å². The Hall–Kier alpha value is -0.850. The maximum atomic E-state index is 13.6. The second kappa shape index (κ2) is 5.47. The number of unbranched alkanes of at least 4 members (excludes halogenated alkanes) is 2. The van der Waals surface area contributed by atoms with E-state index >= 15 is 0 Å². The highest BCUT2D eigenvalue weighted by atomic mass is 19.1. The van der Waals surface area contributed by atoms with Gasteiger partial charge < -0.3 is 0 Å². The van der Waals surface area contributed by atoms with E-state index in [-0.39, 0.29) is 11.2 Å². The van der Waals surface area contributed by atoms with E-state index in [1.807, 2.05) is 12.1 Å². The van der Waals surface area contributed by atoms with Gasteiger partial charge in [0.05, 0.1) is 0 Å². The van der Waals surface area contributed by atoms with Crippen LogP contribution in [0.3, 0.4) is 0 Å². The van der Waals surface area contributed by atoms with Gasteiger partial charge >= 0.3 is 0 Å². The normalized spacial score (nSPS) is 11.8. The van der Waals surface area contributed by atoms with Crippen molar-refractivity contribution >= 4 is 0 Å². The van der Waals surface area contributed by atoms with Gasteiger partial charge in [0.25, 0.3) is 0 Å². The van der Waals surface area contributed by atoms with Gasteiger partial charge in [-0.25, -0.2) is 4.39 Å². The molecule has 0 aliphatic rings. The largest absolute Gasteiger partial charge is 0.207 e. The molecular formula is C15H23F.